The van der Waals surface area contributed by atoms with Crippen LogP contribution in [-0.4, -0.2) is 11.5 Å². The number of hydrogen-bond acceptors (Lipinski definition) is 4. The summed E-state index contributed by atoms with van der Waals surface area (Å²) in [4.78, 5) is 6.84. The first kappa shape index (κ1) is 15.5. The molecule has 0 saturated carbocycles. The zero-order chi connectivity index (χ0) is 14.4. The maximum atomic E-state index is 13.1. The molecule has 0 bridgehead atoms. The third-order valence-electron chi connectivity index (χ3n) is 2.81. The fourth-order valence-corrected chi connectivity index (χ4v) is 3.77. The van der Waals surface area contributed by atoms with E-state index in [1.54, 1.807) is 35.2 Å². The van der Waals surface area contributed by atoms with Crippen molar-refractivity contribution in [2.24, 2.45) is 0 Å². The second kappa shape index (κ2) is 7.76. The first-order chi connectivity index (χ1) is 9.69. The molecule has 2 nitrogen and oxygen atoms in total. The summed E-state index contributed by atoms with van der Waals surface area (Å²) in [5.41, 5.74) is 1.11. The predicted octanol–water partition coefficient (Wildman–Crippen LogP) is 4.38. The first-order valence-electron chi connectivity index (χ1n) is 6.73. The average molecular weight is 310 g/mol. The Morgan fingerprint density at radius 3 is 3.00 bits per heavy atom. The molecule has 2 aromatic rings. The van der Waals surface area contributed by atoms with Gasteiger partial charge in [0.15, 0.2) is 0 Å². The van der Waals surface area contributed by atoms with E-state index in [2.05, 4.69) is 24.1 Å². The van der Waals surface area contributed by atoms with Gasteiger partial charge in [-0.05, 0) is 38.1 Å². The summed E-state index contributed by atoms with van der Waals surface area (Å²) in [6.07, 6.45) is 1.14. The number of benzene rings is 1. The second-order valence-corrected chi connectivity index (χ2v) is 6.76. The van der Waals surface area contributed by atoms with Crippen molar-refractivity contribution >= 4 is 23.1 Å². The molecule has 20 heavy (non-hydrogen) atoms. The maximum absolute atomic E-state index is 13.1. The Kier molecular flexibility index (Phi) is 6.01. The minimum Gasteiger partial charge on any atom is -0.312 e. The molecule has 1 heterocycles. The molecule has 0 unspecified atom stereocenters. The van der Waals surface area contributed by atoms with Gasteiger partial charge in [0.25, 0.3) is 0 Å². The molecule has 0 atom stereocenters. The van der Waals surface area contributed by atoms with Gasteiger partial charge in [-0.3, -0.25) is 0 Å². The number of nitrogens with zero attached hydrogens (tertiary/aromatic N) is 1. The summed E-state index contributed by atoms with van der Waals surface area (Å²) in [6, 6.07) is 6.70. The predicted molar refractivity (Wildman–Crippen MR) is 84.8 cm³/mol. The van der Waals surface area contributed by atoms with E-state index in [4.69, 9.17) is 0 Å². The molecule has 1 aromatic heterocycles. The first-order valence-corrected chi connectivity index (χ1v) is 8.53. The molecule has 2 rings (SSSR count). The number of rotatable bonds is 7. The summed E-state index contributed by atoms with van der Waals surface area (Å²) in [5, 5.41) is 4.50. The number of halogens is 1. The number of aryl methyl sites for hydroxylation is 1. The Balaban J connectivity index is 1.91. The molecule has 0 aliphatic heterocycles. The Morgan fingerprint density at radius 1 is 1.40 bits per heavy atom. The molecule has 0 fully saturated rings. The molecule has 0 amide bonds. The van der Waals surface area contributed by atoms with Crippen molar-refractivity contribution in [3.05, 3.63) is 45.7 Å². The fourth-order valence-electron chi connectivity index (χ4n) is 1.79. The molecule has 108 valence electrons. The number of hydrogen-bond donors (Lipinski definition) is 1. The van der Waals surface area contributed by atoms with Gasteiger partial charge in [-0.1, -0.05) is 13.0 Å². The van der Waals surface area contributed by atoms with Crippen LogP contribution in [-0.2, 0) is 12.3 Å². The maximum Gasteiger partial charge on any atom is 0.124 e. The van der Waals surface area contributed by atoms with Gasteiger partial charge in [0.1, 0.15) is 10.8 Å². The Hall–Kier alpha value is -0.910. The quantitative estimate of drug-likeness (QED) is 0.607. The topological polar surface area (TPSA) is 24.9 Å². The lowest BCUT2D eigenvalue weighted by Gasteiger charge is -2.00. The Labute approximate surface area is 127 Å². The summed E-state index contributed by atoms with van der Waals surface area (Å²) in [7, 11) is 0. The van der Waals surface area contributed by atoms with Gasteiger partial charge in [0.05, 0.1) is 11.4 Å². The highest BCUT2D eigenvalue weighted by Crippen LogP contribution is 2.27. The normalized spacial score (nSPS) is 10.9. The van der Waals surface area contributed by atoms with E-state index < -0.39 is 0 Å². The summed E-state index contributed by atoms with van der Waals surface area (Å²) < 4.78 is 13.1. The number of thioether (sulfide) groups is 1. The molecular weight excluding hydrogens is 291 g/mol. The third-order valence-corrected chi connectivity index (χ3v) is 5.15. The molecular formula is C15H19FN2S2. The van der Waals surface area contributed by atoms with Gasteiger partial charge in [-0.2, -0.15) is 0 Å². The van der Waals surface area contributed by atoms with Gasteiger partial charge in [0, 0.05) is 16.3 Å². The van der Waals surface area contributed by atoms with Crippen LogP contribution >= 0.6 is 23.1 Å². The largest absolute Gasteiger partial charge is 0.312 e. The Bertz CT molecular complexity index is 555. The summed E-state index contributed by atoms with van der Waals surface area (Å²) >= 11 is 3.37. The van der Waals surface area contributed by atoms with E-state index in [9.17, 15) is 4.39 Å². The van der Waals surface area contributed by atoms with E-state index in [1.165, 1.54) is 10.9 Å². The van der Waals surface area contributed by atoms with Gasteiger partial charge in [-0.15, -0.1) is 23.1 Å². The highest BCUT2D eigenvalue weighted by atomic mass is 32.2. The molecule has 0 radical (unpaired) electrons. The van der Waals surface area contributed by atoms with Crippen LogP contribution in [0.2, 0.25) is 0 Å². The van der Waals surface area contributed by atoms with E-state index in [0.29, 0.717) is 0 Å². The smallest absolute Gasteiger partial charge is 0.124 e. The number of nitrogens with one attached hydrogen (secondary N) is 1. The Morgan fingerprint density at radius 2 is 2.25 bits per heavy atom. The lowest BCUT2D eigenvalue weighted by molar-refractivity contribution is 0.624. The van der Waals surface area contributed by atoms with Crippen LogP contribution in [0.4, 0.5) is 4.39 Å². The summed E-state index contributed by atoms with van der Waals surface area (Å²) in [6.45, 7) is 6.14. The van der Waals surface area contributed by atoms with Crippen LogP contribution in [0.15, 0.2) is 29.2 Å². The highest BCUT2D eigenvalue weighted by Gasteiger charge is 2.08. The average Bonchev–Trinajstić information content (AvgIpc) is 2.78. The van der Waals surface area contributed by atoms with Crippen molar-refractivity contribution in [1.82, 2.24) is 10.3 Å². The van der Waals surface area contributed by atoms with Gasteiger partial charge >= 0.3 is 0 Å². The monoisotopic (exact) mass is 310 g/mol. The molecule has 0 saturated heterocycles. The molecule has 0 spiro atoms. The molecule has 0 aliphatic rings. The summed E-state index contributed by atoms with van der Waals surface area (Å²) in [5.74, 6) is 0.609. The van der Waals surface area contributed by atoms with E-state index in [1.807, 2.05) is 6.07 Å². The minimum absolute atomic E-state index is 0.185. The van der Waals surface area contributed by atoms with E-state index >= 15 is 0 Å². The fraction of sp³-hybridized carbons (Fsp3) is 0.400. The standard InChI is InChI=1S/C15H19FN2S2/c1-3-7-17-9-14-11(2)18-15(20-14)10-19-13-6-4-5-12(16)8-13/h4-6,8,17H,3,7,9-10H2,1-2H3. The second-order valence-electron chi connectivity index (χ2n) is 4.54. The third kappa shape index (κ3) is 4.58. The minimum atomic E-state index is -0.185. The van der Waals surface area contributed by atoms with Gasteiger partial charge < -0.3 is 5.32 Å². The number of thiazole rings is 1. The van der Waals surface area contributed by atoms with Gasteiger partial charge in [-0.25, -0.2) is 9.37 Å². The van der Waals surface area contributed by atoms with Crippen LogP contribution in [0.25, 0.3) is 0 Å². The van der Waals surface area contributed by atoms with Crippen molar-refractivity contribution in [2.45, 2.75) is 37.5 Å². The zero-order valence-electron chi connectivity index (χ0n) is 11.8. The van der Waals surface area contributed by atoms with Crippen LogP contribution < -0.4 is 5.32 Å². The zero-order valence-corrected chi connectivity index (χ0v) is 13.4. The van der Waals surface area contributed by atoms with Crippen molar-refractivity contribution < 1.29 is 4.39 Å². The van der Waals surface area contributed by atoms with E-state index in [0.717, 1.165) is 40.9 Å². The van der Waals surface area contributed by atoms with Crippen molar-refractivity contribution in [1.29, 1.82) is 0 Å². The van der Waals surface area contributed by atoms with E-state index in [-0.39, 0.29) is 5.82 Å². The van der Waals surface area contributed by atoms with Crippen molar-refractivity contribution in [3.8, 4) is 0 Å². The molecule has 0 aliphatic carbocycles. The lowest BCUT2D eigenvalue weighted by Crippen LogP contribution is -2.13. The van der Waals surface area contributed by atoms with Crippen LogP contribution in [0.5, 0.6) is 0 Å². The van der Waals surface area contributed by atoms with Crippen molar-refractivity contribution in [2.75, 3.05) is 6.54 Å². The highest BCUT2D eigenvalue weighted by molar-refractivity contribution is 7.98. The van der Waals surface area contributed by atoms with Gasteiger partial charge in [0.2, 0.25) is 0 Å². The van der Waals surface area contributed by atoms with Crippen LogP contribution in [0.3, 0.4) is 0 Å². The molecule has 5 heteroatoms. The SMILES string of the molecule is CCCNCc1sc(CSc2cccc(F)c2)nc1C. The number of aromatic nitrogens is 1. The lowest BCUT2D eigenvalue weighted by atomic mass is 10.4. The molecule has 1 aromatic carbocycles. The van der Waals surface area contributed by atoms with Crippen LogP contribution in [0, 0.1) is 12.7 Å². The molecule has 1 N–H and O–H groups in total. The van der Waals surface area contributed by atoms with Crippen molar-refractivity contribution in [3.63, 3.8) is 0 Å². The van der Waals surface area contributed by atoms with Crippen LogP contribution in [0.1, 0.15) is 28.9 Å².